The maximum absolute atomic E-state index is 5.30. The number of hydrogen-bond donors (Lipinski definition) is 0. The van der Waals surface area contributed by atoms with Crippen LogP contribution in [0.1, 0.15) is 37.8 Å². The molecule has 0 bridgehead atoms. The van der Waals surface area contributed by atoms with Crippen molar-refractivity contribution < 1.29 is 4.74 Å². The fourth-order valence-corrected chi connectivity index (χ4v) is 3.57. The van der Waals surface area contributed by atoms with Crippen molar-refractivity contribution in [1.82, 2.24) is 0 Å². The molecule has 1 aromatic rings. The Kier molecular flexibility index (Phi) is 2.80. The third-order valence-corrected chi connectivity index (χ3v) is 3.93. The third kappa shape index (κ3) is 1.92. The summed E-state index contributed by atoms with van der Waals surface area (Å²) in [5.74, 6) is 0.957. The van der Waals surface area contributed by atoms with Crippen LogP contribution < -0.4 is 4.74 Å². The normalized spacial score (nSPS) is 18.4. The van der Waals surface area contributed by atoms with E-state index in [4.69, 9.17) is 4.74 Å². The van der Waals surface area contributed by atoms with Crippen LogP contribution in [-0.4, -0.2) is 7.11 Å². The highest BCUT2D eigenvalue weighted by Crippen LogP contribution is 2.42. The Labute approximate surface area is 100.0 Å². The number of halogens is 1. The molecule has 0 radical (unpaired) electrons. The van der Waals surface area contributed by atoms with Gasteiger partial charge in [-0.15, -0.1) is 0 Å². The first-order valence-electron chi connectivity index (χ1n) is 5.41. The second kappa shape index (κ2) is 3.82. The number of rotatable bonds is 1. The van der Waals surface area contributed by atoms with E-state index in [1.165, 1.54) is 34.9 Å². The first-order valence-corrected chi connectivity index (χ1v) is 6.21. The Bertz CT molecular complexity index is 382. The fourth-order valence-electron chi connectivity index (χ4n) is 2.55. The highest BCUT2D eigenvalue weighted by atomic mass is 79.9. The second-order valence-corrected chi connectivity index (χ2v) is 5.74. The van der Waals surface area contributed by atoms with Crippen LogP contribution in [0.4, 0.5) is 0 Å². The summed E-state index contributed by atoms with van der Waals surface area (Å²) in [5.41, 5.74) is 3.20. The third-order valence-electron chi connectivity index (χ3n) is 3.31. The molecule has 0 heterocycles. The summed E-state index contributed by atoms with van der Waals surface area (Å²) in [6.07, 6.45) is 3.72. The molecule has 0 aromatic heterocycles. The Hall–Kier alpha value is -0.500. The quantitative estimate of drug-likeness (QED) is 0.746. The molecule has 0 atom stereocenters. The smallest absolute Gasteiger partial charge is 0.120 e. The van der Waals surface area contributed by atoms with E-state index < -0.39 is 0 Å². The molecule has 15 heavy (non-hydrogen) atoms. The summed E-state index contributed by atoms with van der Waals surface area (Å²) < 4.78 is 6.50. The molecule has 0 spiro atoms. The standard InChI is InChI=1S/C13H17BrO/c1-13(2)6-4-5-9-7-10(15-3)8-11(14)12(9)13/h7-8H,4-6H2,1-3H3. The monoisotopic (exact) mass is 268 g/mol. The van der Waals surface area contributed by atoms with Gasteiger partial charge in [0.05, 0.1) is 7.11 Å². The minimum Gasteiger partial charge on any atom is -0.497 e. The molecule has 0 N–H and O–H groups in total. The van der Waals surface area contributed by atoms with E-state index in [2.05, 4.69) is 41.9 Å². The molecule has 2 rings (SSSR count). The minimum absolute atomic E-state index is 0.290. The summed E-state index contributed by atoms with van der Waals surface area (Å²) in [6, 6.07) is 4.26. The van der Waals surface area contributed by atoms with Gasteiger partial charge in [0.1, 0.15) is 5.75 Å². The van der Waals surface area contributed by atoms with Gasteiger partial charge in [0.25, 0.3) is 0 Å². The summed E-state index contributed by atoms with van der Waals surface area (Å²) >= 11 is 3.67. The Morgan fingerprint density at radius 1 is 1.33 bits per heavy atom. The number of benzene rings is 1. The number of ether oxygens (including phenoxy) is 1. The lowest BCUT2D eigenvalue weighted by Gasteiger charge is -2.33. The zero-order chi connectivity index (χ0) is 11.1. The van der Waals surface area contributed by atoms with Crippen LogP contribution in [0.25, 0.3) is 0 Å². The first kappa shape index (κ1) is 11.0. The van der Waals surface area contributed by atoms with Crippen LogP contribution in [0.2, 0.25) is 0 Å². The van der Waals surface area contributed by atoms with Crippen molar-refractivity contribution >= 4 is 15.9 Å². The van der Waals surface area contributed by atoms with Crippen LogP contribution in [0.15, 0.2) is 16.6 Å². The second-order valence-electron chi connectivity index (χ2n) is 4.88. The topological polar surface area (TPSA) is 9.23 Å². The van der Waals surface area contributed by atoms with Crippen molar-refractivity contribution in [2.75, 3.05) is 7.11 Å². The van der Waals surface area contributed by atoms with E-state index in [0.29, 0.717) is 5.41 Å². The lowest BCUT2D eigenvalue weighted by Crippen LogP contribution is -2.24. The summed E-state index contributed by atoms with van der Waals surface area (Å²) in [5, 5.41) is 0. The molecule has 0 saturated carbocycles. The predicted octanol–water partition coefficient (Wildman–Crippen LogP) is 4.07. The van der Waals surface area contributed by atoms with E-state index in [1.54, 1.807) is 7.11 Å². The van der Waals surface area contributed by atoms with E-state index in [1.807, 2.05) is 0 Å². The zero-order valence-corrected chi connectivity index (χ0v) is 11.1. The predicted molar refractivity (Wildman–Crippen MR) is 66.7 cm³/mol. The Morgan fingerprint density at radius 2 is 2.07 bits per heavy atom. The van der Waals surface area contributed by atoms with Crippen LogP contribution in [-0.2, 0) is 11.8 Å². The van der Waals surface area contributed by atoms with Gasteiger partial charge in [-0.3, -0.25) is 0 Å². The van der Waals surface area contributed by atoms with Crippen molar-refractivity contribution in [3.8, 4) is 5.75 Å². The maximum Gasteiger partial charge on any atom is 0.120 e. The van der Waals surface area contributed by atoms with E-state index in [9.17, 15) is 0 Å². The van der Waals surface area contributed by atoms with Crippen molar-refractivity contribution in [3.05, 3.63) is 27.7 Å². The van der Waals surface area contributed by atoms with Gasteiger partial charge in [0.2, 0.25) is 0 Å². The van der Waals surface area contributed by atoms with Crippen molar-refractivity contribution in [2.24, 2.45) is 0 Å². The van der Waals surface area contributed by atoms with Gasteiger partial charge in [-0.1, -0.05) is 29.8 Å². The lowest BCUT2D eigenvalue weighted by atomic mass is 9.73. The van der Waals surface area contributed by atoms with E-state index >= 15 is 0 Å². The van der Waals surface area contributed by atoms with Gasteiger partial charge in [-0.25, -0.2) is 0 Å². The van der Waals surface area contributed by atoms with Gasteiger partial charge in [0, 0.05) is 4.47 Å². The minimum atomic E-state index is 0.290. The summed E-state index contributed by atoms with van der Waals surface area (Å²) in [4.78, 5) is 0. The van der Waals surface area contributed by atoms with Gasteiger partial charge in [-0.05, 0) is 47.9 Å². The molecule has 1 aromatic carbocycles. The van der Waals surface area contributed by atoms with Gasteiger partial charge < -0.3 is 4.74 Å². The van der Waals surface area contributed by atoms with Crippen LogP contribution >= 0.6 is 15.9 Å². The van der Waals surface area contributed by atoms with Crippen molar-refractivity contribution in [2.45, 2.75) is 38.5 Å². The number of hydrogen-bond acceptors (Lipinski definition) is 1. The molecule has 1 aliphatic carbocycles. The Balaban J connectivity index is 2.58. The number of aryl methyl sites for hydroxylation is 1. The fraction of sp³-hybridized carbons (Fsp3) is 0.538. The van der Waals surface area contributed by atoms with Crippen molar-refractivity contribution in [1.29, 1.82) is 0 Å². The molecule has 0 saturated heterocycles. The van der Waals surface area contributed by atoms with Gasteiger partial charge in [-0.2, -0.15) is 0 Å². The molecule has 1 nitrogen and oxygen atoms in total. The SMILES string of the molecule is COc1cc(Br)c2c(c1)CCCC2(C)C. The molecular formula is C13H17BrO. The molecule has 0 unspecified atom stereocenters. The van der Waals surface area contributed by atoms with Crippen molar-refractivity contribution in [3.63, 3.8) is 0 Å². The number of fused-ring (bicyclic) bond motifs is 1. The molecule has 0 aliphatic heterocycles. The van der Waals surface area contributed by atoms with Crippen LogP contribution in [0.5, 0.6) is 5.75 Å². The van der Waals surface area contributed by atoms with Gasteiger partial charge in [0.15, 0.2) is 0 Å². The van der Waals surface area contributed by atoms with E-state index in [0.717, 1.165) is 5.75 Å². The lowest BCUT2D eigenvalue weighted by molar-refractivity contribution is 0.404. The van der Waals surface area contributed by atoms with Crippen LogP contribution in [0, 0.1) is 0 Å². The molecule has 82 valence electrons. The Morgan fingerprint density at radius 3 is 2.73 bits per heavy atom. The molecule has 2 heteroatoms. The summed E-state index contributed by atoms with van der Waals surface area (Å²) in [6.45, 7) is 4.64. The highest BCUT2D eigenvalue weighted by Gasteiger charge is 2.29. The molecular weight excluding hydrogens is 252 g/mol. The highest BCUT2D eigenvalue weighted by molar-refractivity contribution is 9.10. The molecule has 0 fully saturated rings. The molecule has 0 amide bonds. The van der Waals surface area contributed by atoms with Gasteiger partial charge >= 0.3 is 0 Å². The first-order chi connectivity index (χ1) is 7.04. The van der Waals surface area contributed by atoms with E-state index in [-0.39, 0.29) is 0 Å². The summed E-state index contributed by atoms with van der Waals surface area (Å²) in [7, 11) is 1.72. The zero-order valence-electron chi connectivity index (χ0n) is 9.56. The average molecular weight is 269 g/mol. The molecule has 1 aliphatic rings. The average Bonchev–Trinajstić information content (AvgIpc) is 2.15. The maximum atomic E-state index is 5.30. The largest absolute Gasteiger partial charge is 0.497 e. The van der Waals surface area contributed by atoms with Crippen LogP contribution in [0.3, 0.4) is 0 Å². The number of methoxy groups -OCH3 is 1.